The number of pyridine rings is 1. The predicted octanol–water partition coefficient (Wildman–Crippen LogP) is 4.89. The third kappa shape index (κ3) is 2.94. The molecule has 26 heavy (non-hydrogen) atoms. The molecule has 0 spiro atoms. The topological polar surface area (TPSA) is 55.1 Å². The SMILES string of the molecule is CCCn1cc(CC(=O)O)c2cc(-c3ccc4ncccc4c3)ccc21. The molecule has 0 radical (unpaired) electrons. The van der Waals surface area contributed by atoms with Gasteiger partial charge >= 0.3 is 5.97 Å². The lowest BCUT2D eigenvalue weighted by atomic mass is 10.0. The quantitative estimate of drug-likeness (QED) is 0.560. The highest BCUT2D eigenvalue weighted by Crippen LogP contribution is 2.30. The number of carboxylic acid groups (broad SMARTS) is 1. The molecule has 0 atom stereocenters. The summed E-state index contributed by atoms with van der Waals surface area (Å²) in [4.78, 5) is 15.6. The van der Waals surface area contributed by atoms with Crippen molar-refractivity contribution in [1.29, 1.82) is 0 Å². The maximum atomic E-state index is 11.3. The summed E-state index contributed by atoms with van der Waals surface area (Å²) in [5.74, 6) is -0.803. The first kappa shape index (κ1) is 16.3. The number of benzene rings is 2. The van der Waals surface area contributed by atoms with Crippen LogP contribution in [-0.2, 0) is 17.8 Å². The van der Waals surface area contributed by atoms with E-state index in [1.807, 2.05) is 18.3 Å². The van der Waals surface area contributed by atoms with Crippen LogP contribution in [0.1, 0.15) is 18.9 Å². The molecule has 4 heteroatoms. The van der Waals surface area contributed by atoms with Crippen molar-refractivity contribution in [3.05, 3.63) is 66.5 Å². The summed E-state index contributed by atoms with van der Waals surface area (Å²) in [6, 6.07) is 16.5. The molecule has 4 aromatic rings. The van der Waals surface area contributed by atoms with Crippen LogP contribution < -0.4 is 0 Å². The van der Waals surface area contributed by atoms with Gasteiger partial charge in [0.05, 0.1) is 11.9 Å². The molecule has 4 rings (SSSR count). The molecule has 1 N–H and O–H groups in total. The smallest absolute Gasteiger partial charge is 0.307 e. The summed E-state index contributed by atoms with van der Waals surface area (Å²) in [7, 11) is 0. The fourth-order valence-corrected chi connectivity index (χ4v) is 3.54. The summed E-state index contributed by atoms with van der Waals surface area (Å²) in [5.41, 5.74) is 5.12. The Balaban J connectivity index is 1.86. The maximum Gasteiger partial charge on any atom is 0.307 e. The van der Waals surface area contributed by atoms with E-state index >= 15 is 0 Å². The Morgan fingerprint density at radius 2 is 1.92 bits per heavy atom. The minimum absolute atomic E-state index is 0.0400. The molecule has 0 aliphatic heterocycles. The molecule has 2 aromatic heterocycles. The van der Waals surface area contributed by atoms with E-state index in [0.29, 0.717) is 0 Å². The number of nitrogens with zero attached hydrogens (tertiary/aromatic N) is 2. The minimum Gasteiger partial charge on any atom is -0.481 e. The van der Waals surface area contributed by atoms with E-state index in [9.17, 15) is 9.90 Å². The van der Waals surface area contributed by atoms with Gasteiger partial charge in [-0.2, -0.15) is 0 Å². The number of hydrogen-bond donors (Lipinski definition) is 1. The summed E-state index contributed by atoms with van der Waals surface area (Å²) in [5, 5.41) is 11.4. The molecular weight excluding hydrogens is 324 g/mol. The number of rotatable bonds is 5. The molecule has 0 unspecified atom stereocenters. The Bertz CT molecular complexity index is 1110. The van der Waals surface area contributed by atoms with E-state index in [2.05, 4.69) is 52.9 Å². The first-order valence-corrected chi connectivity index (χ1v) is 8.84. The average molecular weight is 344 g/mol. The summed E-state index contributed by atoms with van der Waals surface area (Å²) < 4.78 is 2.15. The van der Waals surface area contributed by atoms with Crippen LogP contribution in [0.2, 0.25) is 0 Å². The third-order valence-electron chi connectivity index (χ3n) is 4.71. The Kier molecular flexibility index (Phi) is 4.17. The van der Waals surface area contributed by atoms with Crippen molar-refractivity contribution in [2.24, 2.45) is 0 Å². The monoisotopic (exact) mass is 344 g/mol. The highest BCUT2D eigenvalue weighted by atomic mass is 16.4. The van der Waals surface area contributed by atoms with Crippen molar-refractivity contribution in [1.82, 2.24) is 9.55 Å². The fourth-order valence-electron chi connectivity index (χ4n) is 3.54. The van der Waals surface area contributed by atoms with Crippen LogP contribution in [0.15, 0.2) is 60.9 Å². The average Bonchev–Trinajstić information content (AvgIpc) is 2.98. The van der Waals surface area contributed by atoms with Gasteiger partial charge in [0, 0.05) is 35.2 Å². The molecular formula is C22H20N2O2. The second-order valence-electron chi connectivity index (χ2n) is 6.56. The van der Waals surface area contributed by atoms with Gasteiger partial charge in [-0.25, -0.2) is 0 Å². The lowest BCUT2D eigenvalue weighted by Crippen LogP contribution is -1.99. The third-order valence-corrected chi connectivity index (χ3v) is 4.71. The van der Waals surface area contributed by atoms with Crippen LogP contribution in [-0.4, -0.2) is 20.6 Å². The first-order valence-electron chi connectivity index (χ1n) is 8.84. The van der Waals surface area contributed by atoms with E-state index in [1.165, 1.54) is 0 Å². The summed E-state index contributed by atoms with van der Waals surface area (Å²) in [6.07, 6.45) is 4.83. The zero-order valence-corrected chi connectivity index (χ0v) is 14.6. The minimum atomic E-state index is -0.803. The maximum absolute atomic E-state index is 11.3. The van der Waals surface area contributed by atoms with Gasteiger partial charge < -0.3 is 9.67 Å². The van der Waals surface area contributed by atoms with Crippen molar-refractivity contribution in [3.8, 4) is 11.1 Å². The van der Waals surface area contributed by atoms with E-state index in [4.69, 9.17) is 0 Å². The van der Waals surface area contributed by atoms with E-state index < -0.39 is 5.97 Å². The van der Waals surface area contributed by atoms with Gasteiger partial charge in [-0.15, -0.1) is 0 Å². The van der Waals surface area contributed by atoms with Gasteiger partial charge in [-0.3, -0.25) is 9.78 Å². The lowest BCUT2D eigenvalue weighted by molar-refractivity contribution is -0.136. The van der Waals surface area contributed by atoms with Crippen LogP contribution in [0, 0.1) is 0 Å². The van der Waals surface area contributed by atoms with Crippen LogP contribution in [0.4, 0.5) is 0 Å². The molecule has 0 saturated carbocycles. The molecule has 130 valence electrons. The van der Waals surface area contributed by atoms with Gasteiger partial charge in [-0.1, -0.05) is 25.1 Å². The van der Waals surface area contributed by atoms with Crippen molar-refractivity contribution in [3.63, 3.8) is 0 Å². The molecule has 0 fully saturated rings. The predicted molar refractivity (Wildman–Crippen MR) is 104 cm³/mol. The largest absolute Gasteiger partial charge is 0.481 e. The standard InChI is InChI=1S/C22H20N2O2/c1-2-10-24-14-18(13-22(25)26)19-12-16(6-8-21(19)24)15-5-7-20-17(11-15)4-3-9-23-20/h3-9,11-12,14H,2,10,13H2,1H3,(H,25,26). The van der Waals surface area contributed by atoms with Crippen LogP contribution in [0.25, 0.3) is 32.9 Å². The number of hydrogen-bond acceptors (Lipinski definition) is 2. The molecule has 0 bridgehead atoms. The molecule has 0 aliphatic rings. The fraction of sp³-hybridized carbons (Fsp3) is 0.182. The highest BCUT2D eigenvalue weighted by Gasteiger charge is 2.12. The molecule has 4 nitrogen and oxygen atoms in total. The normalized spacial score (nSPS) is 11.3. The molecule has 0 amide bonds. The van der Waals surface area contributed by atoms with E-state index in [0.717, 1.165) is 51.5 Å². The van der Waals surface area contributed by atoms with Crippen LogP contribution >= 0.6 is 0 Å². The zero-order chi connectivity index (χ0) is 18.1. The van der Waals surface area contributed by atoms with Crippen molar-refractivity contribution < 1.29 is 9.90 Å². The summed E-state index contributed by atoms with van der Waals surface area (Å²) >= 11 is 0. The van der Waals surface area contributed by atoms with Gasteiger partial charge in [0.25, 0.3) is 0 Å². The number of carboxylic acids is 1. The second-order valence-corrected chi connectivity index (χ2v) is 6.56. The highest BCUT2D eigenvalue weighted by molar-refractivity contribution is 5.92. The van der Waals surface area contributed by atoms with Gasteiger partial charge in [-0.05, 0) is 53.4 Å². The van der Waals surface area contributed by atoms with E-state index in [1.54, 1.807) is 6.20 Å². The Labute approximate surface area is 151 Å². The number of aliphatic carboxylic acids is 1. The van der Waals surface area contributed by atoms with Crippen LogP contribution in [0.3, 0.4) is 0 Å². The van der Waals surface area contributed by atoms with E-state index in [-0.39, 0.29) is 6.42 Å². The van der Waals surface area contributed by atoms with Crippen molar-refractivity contribution in [2.45, 2.75) is 26.3 Å². The molecule has 2 aromatic carbocycles. The Morgan fingerprint density at radius 1 is 1.12 bits per heavy atom. The first-order chi connectivity index (χ1) is 12.7. The van der Waals surface area contributed by atoms with Gasteiger partial charge in [0.15, 0.2) is 0 Å². The number of aryl methyl sites for hydroxylation is 1. The number of carbonyl (C=O) groups is 1. The lowest BCUT2D eigenvalue weighted by Gasteiger charge is -2.06. The zero-order valence-electron chi connectivity index (χ0n) is 14.6. The number of fused-ring (bicyclic) bond motifs is 2. The molecule has 0 saturated heterocycles. The Hall–Kier alpha value is -3.14. The van der Waals surface area contributed by atoms with Crippen molar-refractivity contribution in [2.75, 3.05) is 0 Å². The second kappa shape index (κ2) is 6.64. The molecule has 2 heterocycles. The molecule has 0 aliphatic carbocycles. The number of aromatic nitrogens is 2. The van der Waals surface area contributed by atoms with Crippen LogP contribution in [0.5, 0.6) is 0 Å². The summed E-state index contributed by atoms with van der Waals surface area (Å²) in [6.45, 7) is 3.01. The van der Waals surface area contributed by atoms with Crippen molar-refractivity contribution >= 4 is 27.8 Å². The Morgan fingerprint density at radius 3 is 2.73 bits per heavy atom. The van der Waals surface area contributed by atoms with Gasteiger partial charge in [0.2, 0.25) is 0 Å². The van der Waals surface area contributed by atoms with Gasteiger partial charge in [0.1, 0.15) is 0 Å².